The van der Waals surface area contributed by atoms with E-state index in [-0.39, 0.29) is 14.4 Å². The van der Waals surface area contributed by atoms with Gasteiger partial charge in [0.25, 0.3) is 0 Å². The third kappa shape index (κ3) is 1.69. The summed E-state index contributed by atoms with van der Waals surface area (Å²) in [5, 5.41) is -1.72. The molecule has 1 aliphatic carbocycles. The molecule has 1 heterocycles. The number of allylic oxidation sites excluding steroid dienone is 1. The molecule has 2 aliphatic rings. The third-order valence-electron chi connectivity index (χ3n) is 3.00. The van der Waals surface area contributed by atoms with Crippen molar-refractivity contribution in [2.24, 2.45) is 5.41 Å². The molecule has 4 atom stereocenters. The highest BCUT2D eigenvalue weighted by Crippen LogP contribution is 2.59. The highest BCUT2D eigenvalue weighted by molar-refractivity contribution is 7.27. The molecule has 2 nitrogen and oxygen atoms in total. The Hall–Kier alpha value is 0.800. The fourth-order valence-electron chi connectivity index (χ4n) is 1.75. The van der Waals surface area contributed by atoms with Crippen molar-refractivity contribution >= 4 is 43.8 Å². The summed E-state index contributed by atoms with van der Waals surface area (Å²) in [6, 6.07) is 0. The van der Waals surface area contributed by atoms with Gasteiger partial charge in [-0.25, -0.2) is 0 Å². The van der Waals surface area contributed by atoms with Gasteiger partial charge >= 0.3 is 0 Å². The lowest BCUT2D eigenvalue weighted by Crippen LogP contribution is -2.56. The number of rotatable bonds is 0. The maximum absolute atomic E-state index is 6.61. The Morgan fingerprint density at radius 3 is 2.56 bits per heavy atom. The number of fused-ring (bicyclic) bond motifs is 1. The second-order valence-corrected chi connectivity index (χ2v) is 7.21. The topological polar surface area (TPSA) is 18.5 Å². The maximum atomic E-state index is 6.61. The molecule has 0 saturated carbocycles. The number of alkyl halides is 3. The van der Waals surface area contributed by atoms with E-state index in [1.807, 2.05) is 27.2 Å². The van der Waals surface area contributed by atoms with Gasteiger partial charge in [0.2, 0.25) is 14.1 Å². The van der Waals surface area contributed by atoms with Crippen LogP contribution < -0.4 is 0 Å². The minimum Gasteiger partial charge on any atom is -0.450 e. The zero-order valence-corrected chi connectivity index (χ0v) is 12.5. The lowest BCUT2D eigenvalue weighted by Gasteiger charge is -2.47. The summed E-state index contributed by atoms with van der Waals surface area (Å²) < 4.78 is 10.7. The van der Waals surface area contributed by atoms with Crippen LogP contribution >= 0.6 is 43.8 Å². The van der Waals surface area contributed by atoms with E-state index >= 15 is 0 Å². The van der Waals surface area contributed by atoms with Gasteiger partial charge in [0, 0.05) is 6.42 Å². The molecule has 0 amide bonds. The molecular weight excluding hydrogens is 289 g/mol. The Kier molecular flexibility index (Phi) is 3.22. The predicted molar refractivity (Wildman–Crippen MR) is 69.1 cm³/mol. The molecule has 4 unspecified atom stereocenters. The van der Waals surface area contributed by atoms with Crippen molar-refractivity contribution in [1.29, 1.82) is 0 Å². The average molecular weight is 303 g/mol. The van der Waals surface area contributed by atoms with E-state index in [9.17, 15) is 0 Å². The zero-order valence-electron chi connectivity index (χ0n) is 9.18. The van der Waals surface area contributed by atoms with Crippen molar-refractivity contribution in [3.8, 4) is 0 Å². The molecule has 0 N–H and O–H groups in total. The van der Waals surface area contributed by atoms with Gasteiger partial charge in [0.1, 0.15) is 11.1 Å². The Morgan fingerprint density at radius 2 is 2.00 bits per heavy atom. The summed E-state index contributed by atoms with van der Waals surface area (Å²) in [5.41, 5.74) is -0.236. The van der Waals surface area contributed by atoms with E-state index in [0.29, 0.717) is 5.76 Å². The van der Waals surface area contributed by atoms with Gasteiger partial charge < -0.3 is 4.52 Å². The number of hydrogen-bond donors (Lipinski definition) is 0. The van der Waals surface area contributed by atoms with Crippen LogP contribution in [-0.2, 0) is 9.05 Å². The molecule has 0 spiro atoms. The van der Waals surface area contributed by atoms with Crippen LogP contribution in [0.1, 0.15) is 20.8 Å². The average Bonchev–Trinajstić information content (AvgIpc) is 2.54. The first-order valence-corrected chi connectivity index (χ1v) is 6.91. The number of halogens is 3. The van der Waals surface area contributed by atoms with Crippen molar-refractivity contribution in [1.82, 2.24) is 0 Å². The molecule has 91 valence electrons. The Balaban J connectivity index is 2.43. The molecule has 0 aromatic rings. The van der Waals surface area contributed by atoms with Gasteiger partial charge in [-0.1, -0.05) is 32.4 Å². The van der Waals surface area contributed by atoms with Gasteiger partial charge in [0.05, 0.1) is 4.87 Å². The SMILES string of the molecule is CC(C)(C)C1(Cl)[CH]C=C2OPOC2(Cl)C1Cl. The lowest BCUT2D eigenvalue weighted by molar-refractivity contribution is 0.164. The van der Waals surface area contributed by atoms with Gasteiger partial charge in [0.15, 0.2) is 0 Å². The highest BCUT2D eigenvalue weighted by Gasteiger charge is 2.62. The van der Waals surface area contributed by atoms with Crippen molar-refractivity contribution in [2.45, 2.75) is 36.1 Å². The summed E-state index contributed by atoms with van der Waals surface area (Å²) in [6.07, 6.45) is 3.62. The summed E-state index contributed by atoms with van der Waals surface area (Å²) in [4.78, 5) is -0.766. The maximum Gasteiger partial charge on any atom is 0.223 e. The minimum absolute atomic E-state index is 0.124. The molecule has 0 aromatic carbocycles. The van der Waals surface area contributed by atoms with Crippen molar-refractivity contribution < 1.29 is 9.05 Å². The van der Waals surface area contributed by atoms with Gasteiger partial charge in [-0.05, 0) is 11.5 Å². The van der Waals surface area contributed by atoms with Crippen LogP contribution in [0.15, 0.2) is 11.8 Å². The van der Waals surface area contributed by atoms with Crippen molar-refractivity contribution in [2.75, 3.05) is 0 Å². The van der Waals surface area contributed by atoms with E-state index in [4.69, 9.17) is 43.9 Å². The molecule has 1 aliphatic heterocycles. The van der Waals surface area contributed by atoms with Crippen LogP contribution in [0.25, 0.3) is 0 Å². The molecule has 2 rings (SSSR count). The smallest absolute Gasteiger partial charge is 0.223 e. The monoisotopic (exact) mass is 301 g/mol. The summed E-state index contributed by atoms with van der Waals surface area (Å²) in [6.45, 7) is 6.05. The van der Waals surface area contributed by atoms with Crippen LogP contribution in [0.5, 0.6) is 0 Å². The summed E-state index contributed by atoms with van der Waals surface area (Å²) in [5.74, 6) is 0.549. The fraction of sp³-hybridized carbons (Fsp3) is 0.700. The van der Waals surface area contributed by atoms with E-state index in [1.165, 1.54) is 0 Å². The molecule has 1 radical (unpaired) electrons. The van der Waals surface area contributed by atoms with Crippen LogP contribution in [-0.4, -0.2) is 15.3 Å². The molecule has 0 aromatic heterocycles. The summed E-state index contributed by atoms with van der Waals surface area (Å²) >= 11 is 19.4. The van der Waals surface area contributed by atoms with E-state index in [2.05, 4.69) is 0 Å². The Labute approximate surface area is 113 Å². The standard InChI is InChI=1S/C10H13Cl3O2P/c1-8(2,3)9(12)5-4-6-10(13,7(9)11)15-16-14-6/h4-5,7,16H,1-3H3. The highest BCUT2D eigenvalue weighted by atomic mass is 35.5. The molecule has 1 saturated heterocycles. The van der Waals surface area contributed by atoms with Crippen LogP contribution in [0.4, 0.5) is 0 Å². The van der Waals surface area contributed by atoms with E-state index in [1.54, 1.807) is 6.08 Å². The third-order valence-corrected chi connectivity index (χ3v) is 6.11. The van der Waals surface area contributed by atoms with E-state index < -0.39 is 15.3 Å². The molecule has 1 fully saturated rings. The first-order valence-electron chi connectivity index (χ1n) is 4.90. The number of hydrogen-bond acceptors (Lipinski definition) is 2. The first-order chi connectivity index (χ1) is 7.22. The largest absolute Gasteiger partial charge is 0.450 e. The fourth-order valence-corrected chi connectivity index (χ4v) is 3.78. The summed E-state index contributed by atoms with van der Waals surface area (Å²) in [7, 11) is -0.124. The van der Waals surface area contributed by atoms with Gasteiger partial charge in [-0.2, -0.15) is 0 Å². The zero-order chi connectivity index (χ0) is 12.2. The second kappa shape index (κ2) is 3.90. The van der Waals surface area contributed by atoms with Gasteiger partial charge in [-0.3, -0.25) is 4.52 Å². The lowest BCUT2D eigenvalue weighted by atomic mass is 9.72. The van der Waals surface area contributed by atoms with Crippen LogP contribution in [0.2, 0.25) is 0 Å². The van der Waals surface area contributed by atoms with Crippen molar-refractivity contribution in [3.05, 3.63) is 18.3 Å². The normalized spacial score (nSPS) is 45.1. The molecule has 0 bridgehead atoms. The Morgan fingerprint density at radius 1 is 1.38 bits per heavy atom. The molecular formula is C10H13Cl3O2P. The molecule has 6 heteroatoms. The van der Waals surface area contributed by atoms with E-state index in [0.717, 1.165) is 0 Å². The second-order valence-electron chi connectivity index (χ2n) is 5.01. The molecule has 16 heavy (non-hydrogen) atoms. The Bertz CT molecular complexity index is 341. The predicted octanol–water partition coefficient (Wildman–Crippen LogP) is 4.21. The van der Waals surface area contributed by atoms with Gasteiger partial charge in [-0.15, -0.1) is 23.2 Å². The minimum atomic E-state index is -1.14. The van der Waals surface area contributed by atoms with Crippen molar-refractivity contribution in [3.63, 3.8) is 0 Å². The quantitative estimate of drug-likeness (QED) is 0.493. The van der Waals surface area contributed by atoms with Crippen LogP contribution in [0, 0.1) is 11.8 Å². The van der Waals surface area contributed by atoms with Crippen LogP contribution in [0.3, 0.4) is 0 Å². The first kappa shape index (κ1) is 13.2.